The molecule has 0 radical (unpaired) electrons. The summed E-state index contributed by atoms with van der Waals surface area (Å²) < 4.78 is 5.14. The van der Waals surface area contributed by atoms with E-state index in [1.54, 1.807) is 6.07 Å². The highest BCUT2D eigenvalue weighted by molar-refractivity contribution is 6.33. The van der Waals surface area contributed by atoms with Crippen LogP contribution in [0.2, 0.25) is 5.02 Å². The lowest BCUT2D eigenvalue weighted by atomic mass is 10.2. The minimum atomic E-state index is 0.380. The molecule has 0 fully saturated rings. The molecule has 0 spiro atoms. The second kappa shape index (κ2) is 5.29. The third kappa shape index (κ3) is 3.05. The summed E-state index contributed by atoms with van der Waals surface area (Å²) >= 11 is 6.06. The Morgan fingerprint density at radius 1 is 1.35 bits per heavy atom. The predicted octanol–water partition coefficient (Wildman–Crippen LogP) is 2.89. The highest BCUT2D eigenvalue weighted by atomic mass is 35.5. The molecule has 1 heterocycles. The quantitative estimate of drug-likeness (QED) is 0.908. The standard InChI is InChI=1S/C12H14ClN3O/c1-8(2)14-7-11-15-12(16-17-11)9-5-3-4-6-10(9)13/h3-6,8,14H,7H2,1-2H3. The van der Waals surface area contributed by atoms with E-state index < -0.39 is 0 Å². The fourth-order valence-corrected chi connectivity index (χ4v) is 1.59. The van der Waals surface area contributed by atoms with Crippen molar-refractivity contribution in [3.8, 4) is 11.4 Å². The SMILES string of the molecule is CC(C)NCc1nc(-c2ccccc2Cl)no1. The number of aromatic nitrogens is 2. The van der Waals surface area contributed by atoms with Gasteiger partial charge in [0.15, 0.2) is 0 Å². The molecule has 0 unspecified atom stereocenters. The monoisotopic (exact) mass is 251 g/mol. The lowest BCUT2D eigenvalue weighted by molar-refractivity contribution is 0.362. The Morgan fingerprint density at radius 3 is 2.82 bits per heavy atom. The topological polar surface area (TPSA) is 51.0 Å². The highest BCUT2D eigenvalue weighted by Crippen LogP contribution is 2.24. The van der Waals surface area contributed by atoms with Crippen LogP contribution in [0.1, 0.15) is 19.7 Å². The van der Waals surface area contributed by atoms with Gasteiger partial charge in [-0.05, 0) is 12.1 Å². The molecule has 0 saturated carbocycles. The fraction of sp³-hybridized carbons (Fsp3) is 0.333. The van der Waals surface area contributed by atoms with Crippen molar-refractivity contribution < 1.29 is 4.52 Å². The van der Waals surface area contributed by atoms with Gasteiger partial charge >= 0.3 is 0 Å². The summed E-state index contributed by atoms with van der Waals surface area (Å²) in [5.41, 5.74) is 0.786. The first-order valence-electron chi connectivity index (χ1n) is 5.47. The van der Waals surface area contributed by atoms with Gasteiger partial charge in [-0.2, -0.15) is 4.98 Å². The van der Waals surface area contributed by atoms with Gasteiger partial charge in [0.05, 0.1) is 11.6 Å². The van der Waals surface area contributed by atoms with Gasteiger partial charge in [-0.3, -0.25) is 0 Å². The van der Waals surface area contributed by atoms with Crippen molar-refractivity contribution in [2.75, 3.05) is 0 Å². The summed E-state index contributed by atoms with van der Waals surface area (Å²) in [6.07, 6.45) is 0. The van der Waals surface area contributed by atoms with Crippen LogP contribution in [0.4, 0.5) is 0 Å². The summed E-state index contributed by atoms with van der Waals surface area (Å²) in [5.74, 6) is 1.09. The molecule has 1 aromatic carbocycles. The summed E-state index contributed by atoms with van der Waals surface area (Å²) in [7, 11) is 0. The van der Waals surface area contributed by atoms with Crippen LogP contribution in [0.3, 0.4) is 0 Å². The molecule has 4 nitrogen and oxygen atoms in total. The zero-order chi connectivity index (χ0) is 12.3. The van der Waals surface area contributed by atoms with E-state index in [-0.39, 0.29) is 0 Å². The molecule has 5 heteroatoms. The van der Waals surface area contributed by atoms with E-state index in [1.807, 2.05) is 18.2 Å². The summed E-state index contributed by atoms with van der Waals surface area (Å²) in [4.78, 5) is 4.29. The van der Waals surface area contributed by atoms with E-state index in [1.165, 1.54) is 0 Å². The summed E-state index contributed by atoms with van der Waals surface area (Å²) in [6, 6.07) is 7.81. The summed E-state index contributed by atoms with van der Waals surface area (Å²) in [5, 5.41) is 7.75. The largest absolute Gasteiger partial charge is 0.338 e. The molecule has 17 heavy (non-hydrogen) atoms. The van der Waals surface area contributed by atoms with Crippen molar-refractivity contribution in [2.24, 2.45) is 0 Å². The third-order valence-corrected chi connectivity index (χ3v) is 2.57. The number of benzene rings is 1. The van der Waals surface area contributed by atoms with Crippen LogP contribution >= 0.6 is 11.6 Å². The predicted molar refractivity (Wildman–Crippen MR) is 66.7 cm³/mol. The van der Waals surface area contributed by atoms with E-state index in [2.05, 4.69) is 29.3 Å². The second-order valence-corrected chi connectivity index (χ2v) is 4.43. The molecule has 0 aliphatic rings. The van der Waals surface area contributed by atoms with E-state index >= 15 is 0 Å². The third-order valence-electron chi connectivity index (χ3n) is 2.24. The Labute approximate surface area is 105 Å². The first-order chi connectivity index (χ1) is 8.16. The molecule has 2 aromatic rings. The van der Waals surface area contributed by atoms with Crippen LogP contribution in [-0.4, -0.2) is 16.2 Å². The Morgan fingerprint density at radius 2 is 2.12 bits per heavy atom. The number of nitrogens with one attached hydrogen (secondary N) is 1. The van der Waals surface area contributed by atoms with Crippen molar-refractivity contribution in [1.29, 1.82) is 0 Å². The maximum atomic E-state index is 6.06. The van der Waals surface area contributed by atoms with Crippen molar-refractivity contribution in [3.63, 3.8) is 0 Å². The fourth-order valence-electron chi connectivity index (χ4n) is 1.37. The van der Waals surface area contributed by atoms with Gasteiger partial charge in [0.25, 0.3) is 0 Å². The van der Waals surface area contributed by atoms with Crippen molar-refractivity contribution >= 4 is 11.6 Å². The lowest BCUT2D eigenvalue weighted by Gasteiger charge is -2.02. The zero-order valence-corrected chi connectivity index (χ0v) is 10.5. The zero-order valence-electron chi connectivity index (χ0n) is 9.77. The number of hydrogen-bond acceptors (Lipinski definition) is 4. The highest BCUT2D eigenvalue weighted by Gasteiger charge is 2.11. The molecule has 90 valence electrons. The van der Waals surface area contributed by atoms with Gasteiger partial charge in [0, 0.05) is 11.6 Å². The maximum Gasteiger partial charge on any atom is 0.240 e. The average molecular weight is 252 g/mol. The lowest BCUT2D eigenvalue weighted by Crippen LogP contribution is -2.21. The first kappa shape index (κ1) is 12.1. The van der Waals surface area contributed by atoms with Crippen LogP contribution < -0.4 is 5.32 Å². The van der Waals surface area contributed by atoms with Crippen LogP contribution in [0.25, 0.3) is 11.4 Å². The number of rotatable bonds is 4. The van der Waals surface area contributed by atoms with E-state index in [0.29, 0.717) is 29.3 Å². The van der Waals surface area contributed by atoms with Crippen molar-refractivity contribution in [3.05, 3.63) is 35.2 Å². The van der Waals surface area contributed by atoms with Gasteiger partial charge in [-0.25, -0.2) is 0 Å². The molecular formula is C12H14ClN3O. The van der Waals surface area contributed by atoms with E-state index in [0.717, 1.165) is 5.56 Å². The van der Waals surface area contributed by atoms with Gasteiger partial charge in [0.1, 0.15) is 0 Å². The molecule has 0 amide bonds. The Hall–Kier alpha value is -1.39. The van der Waals surface area contributed by atoms with Crippen LogP contribution in [0.5, 0.6) is 0 Å². The maximum absolute atomic E-state index is 6.06. The molecule has 0 saturated heterocycles. The van der Waals surface area contributed by atoms with Crippen molar-refractivity contribution in [1.82, 2.24) is 15.5 Å². The van der Waals surface area contributed by atoms with E-state index in [9.17, 15) is 0 Å². The molecule has 1 aromatic heterocycles. The molecule has 1 N–H and O–H groups in total. The first-order valence-corrected chi connectivity index (χ1v) is 5.85. The summed E-state index contributed by atoms with van der Waals surface area (Å²) in [6.45, 7) is 4.69. The molecule has 0 aliphatic heterocycles. The van der Waals surface area contributed by atoms with Gasteiger partial charge < -0.3 is 9.84 Å². The van der Waals surface area contributed by atoms with Crippen LogP contribution in [0, 0.1) is 0 Å². The molecule has 0 aliphatic carbocycles. The molecular weight excluding hydrogens is 238 g/mol. The molecule has 0 bridgehead atoms. The minimum absolute atomic E-state index is 0.380. The van der Waals surface area contributed by atoms with Gasteiger partial charge in [-0.15, -0.1) is 0 Å². The van der Waals surface area contributed by atoms with E-state index in [4.69, 9.17) is 16.1 Å². The normalized spacial score (nSPS) is 11.1. The number of halogens is 1. The van der Waals surface area contributed by atoms with Gasteiger partial charge in [0.2, 0.25) is 11.7 Å². The Balaban J connectivity index is 2.16. The smallest absolute Gasteiger partial charge is 0.240 e. The van der Waals surface area contributed by atoms with Crippen LogP contribution in [-0.2, 0) is 6.54 Å². The molecule has 2 rings (SSSR count). The van der Waals surface area contributed by atoms with Gasteiger partial charge in [-0.1, -0.05) is 42.7 Å². The second-order valence-electron chi connectivity index (χ2n) is 4.03. The average Bonchev–Trinajstić information content (AvgIpc) is 2.75. The minimum Gasteiger partial charge on any atom is -0.338 e. The number of nitrogens with zero attached hydrogens (tertiary/aromatic N) is 2. The Kier molecular flexibility index (Phi) is 3.76. The molecule has 0 atom stereocenters. The van der Waals surface area contributed by atoms with Crippen LogP contribution in [0.15, 0.2) is 28.8 Å². The Bertz CT molecular complexity index is 496. The van der Waals surface area contributed by atoms with Crippen molar-refractivity contribution in [2.45, 2.75) is 26.4 Å². The number of hydrogen-bond donors (Lipinski definition) is 1.